The zero-order valence-corrected chi connectivity index (χ0v) is 26.1. The monoisotopic (exact) mass is 695 g/mol. The third-order valence-corrected chi connectivity index (χ3v) is 8.28. The van der Waals surface area contributed by atoms with Gasteiger partial charge in [0.25, 0.3) is 5.91 Å². The molecule has 0 spiro atoms. The van der Waals surface area contributed by atoms with Crippen LogP contribution in [-0.2, 0) is 4.79 Å². The maximum absolute atomic E-state index is 15.4. The third kappa shape index (κ3) is 6.63. The van der Waals surface area contributed by atoms with Crippen LogP contribution in [0.1, 0.15) is 42.6 Å². The SMILES string of the molecule is CC(C)(C)N(C(=O)O)c1c(F)ccc(NC(=O)c2cc(NC(=O)[C@H]3[C@H](c4cc(Cl)cc(Cl)c4)C3(Cl)Cl)cc(F)c2Cl)c1F. The molecule has 0 saturated heterocycles. The van der Waals surface area contributed by atoms with Crippen molar-refractivity contribution in [1.82, 2.24) is 0 Å². The van der Waals surface area contributed by atoms with E-state index in [9.17, 15) is 28.3 Å². The zero-order chi connectivity index (χ0) is 32.2. The lowest BCUT2D eigenvalue weighted by atomic mass is 10.0. The number of amides is 3. The van der Waals surface area contributed by atoms with Crippen LogP contribution in [0.5, 0.6) is 0 Å². The molecule has 0 radical (unpaired) electrons. The number of carbonyl (C=O) groups is 3. The highest BCUT2D eigenvalue weighted by molar-refractivity contribution is 6.53. The lowest BCUT2D eigenvalue weighted by Gasteiger charge is -2.33. The Bertz CT molecular complexity index is 1650. The van der Waals surface area contributed by atoms with Crippen molar-refractivity contribution in [3.05, 3.63) is 86.1 Å². The van der Waals surface area contributed by atoms with Gasteiger partial charge < -0.3 is 15.7 Å². The number of rotatable bonds is 6. The molecule has 3 N–H and O–H groups in total. The van der Waals surface area contributed by atoms with E-state index in [0.29, 0.717) is 20.5 Å². The summed E-state index contributed by atoms with van der Waals surface area (Å²) in [5.74, 6) is -7.27. The number of halogens is 8. The van der Waals surface area contributed by atoms with Gasteiger partial charge in [-0.3, -0.25) is 14.5 Å². The van der Waals surface area contributed by atoms with Gasteiger partial charge in [0.2, 0.25) is 5.91 Å². The smallest absolute Gasteiger partial charge is 0.412 e. The van der Waals surface area contributed by atoms with Gasteiger partial charge in [-0.1, -0.05) is 34.8 Å². The lowest BCUT2D eigenvalue weighted by molar-refractivity contribution is -0.117. The molecule has 1 aliphatic carbocycles. The molecule has 43 heavy (non-hydrogen) atoms. The largest absolute Gasteiger partial charge is 0.465 e. The van der Waals surface area contributed by atoms with Crippen LogP contribution in [0.4, 0.5) is 35.0 Å². The molecule has 2 atom stereocenters. The quantitative estimate of drug-likeness (QED) is 0.224. The molecule has 1 aliphatic rings. The summed E-state index contributed by atoms with van der Waals surface area (Å²) < 4.78 is 43.3. The molecular formula is C28H21Cl5F3N3O4. The molecule has 0 aliphatic heterocycles. The first-order valence-electron chi connectivity index (χ1n) is 12.3. The molecule has 3 aromatic rings. The summed E-state index contributed by atoms with van der Waals surface area (Å²) in [6.07, 6.45) is -1.64. The van der Waals surface area contributed by atoms with Crippen molar-refractivity contribution in [2.24, 2.45) is 5.92 Å². The third-order valence-electron chi connectivity index (χ3n) is 6.52. The summed E-state index contributed by atoms with van der Waals surface area (Å²) in [7, 11) is 0. The number of benzene rings is 3. The average Bonchev–Trinajstić information content (AvgIpc) is 3.45. The summed E-state index contributed by atoms with van der Waals surface area (Å²) >= 11 is 30.8. The Labute approximate surface area is 268 Å². The van der Waals surface area contributed by atoms with Gasteiger partial charge in [0, 0.05) is 27.2 Å². The maximum atomic E-state index is 15.4. The van der Waals surface area contributed by atoms with E-state index in [0.717, 1.165) is 24.3 Å². The minimum Gasteiger partial charge on any atom is -0.465 e. The predicted molar refractivity (Wildman–Crippen MR) is 162 cm³/mol. The van der Waals surface area contributed by atoms with Gasteiger partial charge in [0.15, 0.2) is 5.82 Å². The number of hydrogen-bond acceptors (Lipinski definition) is 3. The van der Waals surface area contributed by atoms with Gasteiger partial charge in [-0.05, 0) is 68.8 Å². The van der Waals surface area contributed by atoms with E-state index in [1.165, 1.54) is 26.8 Å². The van der Waals surface area contributed by atoms with E-state index in [4.69, 9.17) is 58.0 Å². The van der Waals surface area contributed by atoms with Crippen LogP contribution in [0.15, 0.2) is 42.5 Å². The summed E-state index contributed by atoms with van der Waals surface area (Å²) in [5.41, 5.74) is -3.04. The number of alkyl halides is 2. The molecule has 3 aromatic carbocycles. The normalized spacial score (nSPS) is 17.3. The second-order valence-electron chi connectivity index (χ2n) is 10.6. The fourth-order valence-electron chi connectivity index (χ4n) is 4.62. The summed E-state index contributed by atoms with van der Waals surface area (Å²) in [6.45, 7) is 4.25. The Morgan fingerprint density at radius 3 is 2.07 bits per heavy atom. The van der Waals surface area contributed by atoms with Gasteiger partial charge >= 0.3 is 6.09 Å². The molecule has 3 amide bonds. The van der Waals surface area contributed by atoms with E-state index in [-0.39, 0.29) is 5.69 Å². The summed E-state index contributed by atoms with van der Waals surface area (Å²) in [5, 5.41) is 14.1. The Balaban J connectivity index is 1.61. The standard InChI is InChI=1S/C28H21Cl5F3N3O4/c1-27(2,3)39(26(42)43)23-16(34)4-5-18(22(23)36)38-24(40)15-9-14(10-17(35)21(15)31)37-25(41)20-19(28(20,32)33)11-6-12(29)8-13(30)7-11/h4-10,19-20H,1-3H3,(H,37,41)(H,38,40)(H,42,43)/t19-,20+/m0/s1. The minimum absolute atomic E-state index is 0.207. The molecule has 0 unspecified atom stereocenters. The molecular weight excluding hydrogens is 677 g/mol. The second kappa shape index (κ2) is 11.9. The maximum Gasteiger partial charge on any atom is 0.412 e. The van der Waals surface area contributed by atoms with Gasteiger partial charge in [-0.15, -0.1) is 23.2 Å². The Morgan fingerprint density at radius 2 is 1.51 bits per heavy atom. The van der Waals surface area contributed by atoms with Crippen LogP contribution in [-0.4, -0.2) is 32.9 Å². The van der Waals surface area contributed by atoms with Crippen LogP contribution in [0.3, 0.4) is 0 Å². The Morgan fingerprint density at radius 1 is 0.907 bits per heavy atom. The van der Waals surface area contributed by atoms with Gasteiger partial charge in [0.1, 0.15) is 21.7 Å². The molecule has 4 rings (SSSR count). The van der Waals surface area contributed by atoms with Crippen LogP contribution < -0.4 is 15.5 Å². The van der Waals surface area contributed by atoms with E-state index in [1.807, 2.05) is 0 Å². The number of hydrogen-bond donors (Lipinski definition) is 3. The Kier molecular flexibility index (Phi) is 9.13. The number of nitrogens with zero attached hydrogens (tertiary/aromatic N) is 1. The Hall–Kier alpha value is -2.89. The number of nitrogens with one attached hydrogen (secondary N) is 2. The fourth-order valence-corrected chi connectivity index (χ4v) is 6.19. The zero-order valence-electron chi connectivity index (χ0n) is 22.3. The van der Waals surface area contributed by atoms with Crippen LogP contribution in [0.2, 0.25) is 15.1 Å². The van der Waals surface area contributed by atoms with Crippen molar-refractivity contribution in [3.63, 3.8) is 0 Å². The molecule has 0 aromatic heterocycles. The first kappa shape index (κ1) is 33.0. The van der Waals surface area contributed by atoms with Crippen LogP contribution >= 0.6 is 58.0 Å². The van der Waals surface area contributed by atoms with E-state index < -0.39 is 79.0 Å². The topological polar surface area (TPSA) is 98.7 Å². The highest BCUT2D eigenvalue weighted by atomic mass is 35.5. The molecule has 15 heteroatoms. The second-order valence-corrected chi connectivity index (χ2v) is 13.3. The van der Waals surface area contributed by atoms with Crippen molar-refractivity contribution >= 4 is 93.0 Å². The number of carboxylic acid groups (broad SMARTS) is 1. The molecule has 7 nitrogen and oxygen atoms in total. The van der Waals surface area contributed by atoms with E-state index >= 15 is 4.39 Å². The van der Waals surface area contributed by atoms with Gasteiger partial charge in [-0.25, -0.2) is 18.0 Å². The van der Waals surface area contributed by atoms with E-state index in [1.54, 1.807) is 12.1 Å². The predicted octanol–water partition coefficient (Wildman–Crippen LogP) is 9.13. The van der Waals surface area contributed by atoms with Gasteiger partial charge in [-0.2, -0.15) is 0 Å². The lowest BCUT2D eigenvalue weighted by Crippen LogP contribution is -2.46. The van der Waals surface area contributed by atoms with Crippen molar-refractivity contribution < 1.29 is 32.7 Å². The van der Waals surface area contributed by atoms with Crippen LogP contribution in [0, 0.1) is 23.4 Å². The van der Waals surface area contributed by atoms with Crippen molar-refractivity contribution in [2.75, 3.05) is 15.5 Å². The van der Waals surface area contributed by atoms with Crippen molar-refractivity contribution in [3.8, 4) is 0 Å². The molecule has 0 heterocycles. The van der Waals surface area contributed by atoms with Crippen molar-refractivity contribution in [1.29, 1.82) is 0 Å². The first-order chi connectivity index (χ1) is 19.8. The van der Waals surface area contributed by atoms with Crippen LogP contribution in [0.25, 0.3) is 0 Å². The van der Waals surface area contributed by atoms with Gasteiger partial charge in [0.05, 0.1) is 22.2 Å². The number of anilines is 3. The summed E-state index contributed by atoms with van der Waals surface area (Å²) in [6, 6.07) is 8.08. The molecule has 0 bridgehead atoms. The minimum atomic E-state index is -1.64. The molecule has 228 valence electrons. The fraction of sp³-hybridized carbons (Fsp3) is 0.250. The highest BCUT2D eigenvalue weighted by Crippen LogP contribution is 2.65. The molecule has 1 fully saturated rings. The summed E-state index contributed by atoms with van der Waals surface area (Å²) in [4.78, 5) is 38.5. The first-order valence-corrected chi connectivity index (χ1v) is 14.2. The number of carbonyl (C=O) groups excluding carboxylic acids is 2. The average molecular weight is 698 g/mol. The molecule has 1 saturated carbocycles. The van der Waals surface area contributed by atoms with E-state index in [2.05, 4.69) is 10.6 Å². The highest BCUT2D eigenvalue weighted by Gasteiger charge is 2.67. The van der Waals surface area contributed by atoms with Crippen molar-refractivity contribution in [2.45, 2.75) is 36.6 Å².